The Labute approximate surface area is 183 Å². The van der Waals surface area contributed by atoms with Crippen LogP contribution in [0.25, 0.3) is 10.8 Å². The minimum Gasteiger partial charge on any atom is -0.496 e. The summed E-state index contributed by atoms with van der Waals surface area (Å²) in [7, 11) is -2.71. The second kappa shape index (κ2) is 9.55. The Kier molecular flexibility index (Phi) is 7.54. The fraction of sp³-hybridized carbons (Fsp3) is 0.455. The van der Waals surface area contributed by atoms with E-state index in [-0.39, 0.29) is 17.2 Å². The molecule has 0 saturated heterocycles. The number of sulfonamides is 1. The van der Waals surface area contributed by atoms with Gasteiger partial charge >= 0.3 is 6.09 Å². The van der Waals surface area contributed by atoms with Crippen molar-refractivity contribution in [1.82, 2.24) is 10.0 Å². The Morgan fingerprint density at radius 1 is 1.03 bits per heavy atom. The van der Waals surface area contributed by atoms with E-state index in [0.29, 0.717) is 16.5 Å². The molecule has 2 N–H and O–H groups in total. The van der Waals surface area contributed by atoms with Crippen molar-refractivity contribution in [3.8, 4) is 5.75 Å². The fourth-order valence-corrected chi connectivity index (χ4v) is 4.30. The number of methoxy groups -OCH3 is 1. The molecule has 0 bridgehead atoms. The number of amides is 2. The summed E-state index contributed by atoms with van der Waals surface area (Å²) in [5.74, 6) is -0.292. The minimum absolute atomic E-state index is 0.0233. The van der Waals surface area contributed by atoms with E-state index in [9.17, 15) is 18.0 Å². The SMILES string of the molecule is COc1ccc(S(=O)(=O)NC(=O)[C@H](CC(C)C)NC(=O)OC(C)(C)C)c2ccccc12. The maximum absolute atomic E-state index is 13.0. The third-order valence-corrected chi connectivity index (χ3v) is 5.71. The van der Waals surface area contributed by atoms with Crippen LogP contribution in [0.2, 0.25) is 0 Å². The zero-order valence-corrected chi connectivity index (χ0v) is 19.5. The van der Waals surface area contributed by atoms with E-state index in [0.717, 1.165) is 0 Å². The second-order valence-corrected chi connectivity index (χ2v) is 10.3. The van der Waals surface area contributed by atoms with Crippen LogP contribution >= 0.6 is 0 Å². The van der Waals surface area contributed by atoms with Crippen LogP contribution in [0.3, 0.4) is 0 Å². The number of benzene rings is 2. The third-order valence-electron chi connectivity index (χ3n) is 4.30. The Balaban J connectivity index is 2.32. The summed E-state index contributed by atoms with van der Waals surface area (Å²) < 4.78 is 38.7. The van der Waals surface area contributed by atoms with E-state index in [2.05, 4.69) is 10.0 Å². The average Bonchev–Trinajstić information content (AvgIpc) is 2.64. The molecule has 2 aromatic carbocycles. The van der Waals surface area contributed by atoms with Gasteiger partial charge in [-0.2, -0.15) is 0 Å². The first kappa shape index (κ1) is 24.5. The monoisotopic (exact) mass is 450 g/mol. The van der Waals surface area contributed by atoms with Gasteiger partial charge in [-0.25, -0.2) is 17.9 Å². The van der Waals surface area contributed by atoms with Crippen molar-refractivity contribution < 1.29 is 27.5 Å². The lowest BCUT2D eigenvalue weighted by molar-refractivity contribution is -0.121. The maximum atomic E-state index is 13.0. The number of carbonyl (C=O) groups is 2. The molecule has 2 aromatic rings. The van der Waals surface area contributed by atoms with Gasteiger partial charge in [-0.15, -0.1) is 0 Å². The highest BCUT2D eigenvalue weighted by atomic mass is 32.2. The van der Waals surface area contributed by atoms with Crippen LogP contribution < -0.4 is 14.8 Å². The topological polar surface area (TPSA) is 111 Å². The van der Waals surface area contributed by atoms with Crippen LogP contribution in [-0.2, 0) is 19.6 Å². The van der Waals surface area contributed by atoms with Crippen molar-refractivity contribution in [3.63, 3.8) is 0 Å². The van der Waals surface area contributed by atoms with Crippen molar-refractivity contribution in [2.24, 2.45) is 5.92 Å². The number of carbonyl (C=O) groups excluding carboxylic acids is 2. The molecule has 2 rings (SSSR count). The molecular weight excluding hydrogens is 420 g/mol. The summed E-state index contributed by atoms with van der Waals surface area (Å²) in [6, 6.07) is 8.69. The zero-order chi connectivity index (χ0) is 23.4. The molecule has 0 aliphatic carbocycles. The first-order valence-electron chi connectivity index (χ1n) is 9.96. The van der Waals surface area contributed by atoms with Gasteiger partial charge in [-0.05, 0) is 45.2 Å². The van der Waals surface area contributed by atoms with Crippen molar-refractivity contribution >= 4 is 32.8 Å². The highest BCUT2D eigenvalue weighted by Gasteiger charge is 2.29. The maximum Gasteiger partial charge on any atom is 0.408 e. The van der Waals surface area contributed by atoms with Gasteiger partial charge in [-0.1, -0.05) is 38.1 Å². The van der Waals surface area contributed by atoms with Crippen molar-refractivity contribution in [2.45, 2.75) is 57.6 Å². The van der Waals surface area contributed by atoms with Gasteiger partial charge in [0.2, 0.25) is 0 Å². The molecule has 0 aliphatic heterocycles. The van der Waals surface area contributed by atoms with Gasteiger partial charge in [0.15, 0.2) is 0 Å². The minimum atomic E-state index is -4.21. The van der Waals surface area contributed by atoms with E-state index in [1.165, 1.54) is 19.2 Å². The molecule has 9 heteroatoms. The third kappa shape index (κ3) is 6.58. The molecule has 2 amide bonds. The average molecular weight is 451 g/mol. The molecule has 8 nitrogen and oxygen atoms in total. The number of hydrogen-bond donors (Lipinski definition) is 2. The molecule has 170 valence electrons. The molecule has 0 radical (unpaired) electrons. The molecular formula is C22H30N2O6S. The molecule has 0 heterocycles. The van der Waals surface area contributed by atoms with Gasteiger partial charge in [0.1, 0.15) is 17.4 Å². The number of rotatable bonds is 7. The molecule has 0 spiro atoms. The summed E-state index contributed by atoms with van der Waals surface area (Å²) in [6.07, 6.45) is -0.551. The zero-order valence-electron chi connectivity index (χ0n) is 18.7. The predicted octanol–water partition coefficient (Wildman–Crippen LogP) is 3.59. The predicted molar refractivity (Wildman–Crippen MR) is 118 cm³/mol. The van der Waals surface area contributed by atoms with Crippen LogP contribution in [0, 0.1) is 5.92 Å². The highest BCUT2D eigenvalue weighted by molar-refractivity contribution is 7.90. The van der Waals surface area contributed by atoms with E-state index in [1.807, 2.05) is 13.8 Å². The van der Waals surface area contributed by atoms with Crippen LogP contribution in [0.5, 0.6) is 5.75 Å². The molecule has 0 aliphatic rings. The standard InChI is InChI=1S/C22H30N2O6S/c1-14(2)13-17(23-21(26)30-22(3,4)5)20(25)24-31(27,28)19-12-11-18(29-6)15-9-7-8-10-16(15)19/h7-12,14,17H,13H2,1-6H3,(H,23,26)(H,24,25)/t17-/m0/s1. The van der Waals surface area contributed by atoms with Crippen LogP contribution in [0.1, 0.15) is 41.0 Å². The fourth-order valence-electron chi connectivity index (χ4n) is 3.07. The number of fused-ring (bicyclic) bond motifs is 1. The second-order valence-electron chi connectivity index (χ2n) is 8.61. The number of ether oxygens (including phenoxy) is 2. The van der Waals surface area contributed by atoms with E-state index in [1.54, 1.807) is 45.0 Å². The Morgan fingerprint density at radius 3 is 2.19 bits per heavy atom. The van der Waals surface area contributed by atoms with Crippen LogP contribution in [0.4, 0.5) is 4.79 Å². The largest absolute Gasteiger partial charge is 0.496 e. The molecule has 0 unspecified atom stereocenters. The molecule has 0 fully saturated rings. The number of hydrogen-bond acceptors (Lipinski definition) is 6. The van der Waals surface area contributed by atoms with Crippen LogP contribution in [0.15, 0.2) is 41.3 Å². The lowest BCUT2D eigenvalue weighted by Crippen LogP contribution is -2.50. The number of alkyl carbamates (subject to hydrolysis) is 1. The first-order valence-corrected chi connectivity index (χ1v) is 11.4. The van der Waals surface area contributed by atoms with Gasteiger partial charge in [-0.3, -0.25) is 4.79 Å². The van der Waals surface area contributed by atoms with Crippen molar-refractivity contribution in [1.29, 1.82) is 0 Å². The molecule has 0 aromatic heterocycles. The quantitative estimate of drug-likeness (QED) is 0.667. The Bertz CT molecular complexity index is 1060. The summed E-state index contributed by atoms with van der Waals surface area (Å²) >= 11 is 0. The van der Waals surface area contributed by atoms with E-state index in [4.69, 9.17) is 9.47 Å². The first-order chi connectivity index (χ1) is 14.3. The van der Waals surface area contributed by atoms with Crippen LogP contribution in [-0.4, -0.2) is 39.2 Å². The lowest BCUT2D eigenvalue weighted by atomic mass is 10.0. The highest BCUT2D eigenvalue weighted by Crippen LogP contribution is 2.30. The summed E-state index contributed by atoms with van der Waals surface area (Å²) in [5.41, 5.74) is -0.753. The smallest absolute Gasteiger partial charge is 0.408 e. The Morgan fingerprint density at radius 2 is 1.65 bits per heavy atom. The van der Waals surface area contributed by atoms with E-state index < -0.39 is 33.7 Å². The summed E-state index contributed by atoms with van der Waals surface area (Å²) in [4.78, 5) is 24.9. The molecule has 1 atom stereocenters. The Hall–Kier alpha value is -2.81. The van der Waals surface area contributed by atoms with Gasteiger partial charge in [0.05, 0.1) is 12.0 Å². The van der Waals surface area contributed by atoms with E-state index >= 15 is 0 Å². The van der Waals surface area contributed by atoms with Gasteiger partial charge < -0.3 is 14.8 Å². The summed E-state index contributed by atoms with van der Waals surface area (Å²) in [6.45, 7) is 8.82. The lowest BCUT2D eigenvalue weighted by Gasteiger charge is -2.24. The van der Waals surface area contributed by atoms with Crippen molar-refractivity contribution in [3.05, 3.63) is 36.4 Å². The number of nitrogens with one attached hydrogen (secondary N) is 2. The van der Waals surface area contributed by atoms with Crippen molar-refractivity contribution in [2.75, 3.05) is 7.11 Å². The molecule has 0 saturated carbocycles. The molecule has 31 heavy (non-hydrogen) atoms. The summed E-state index contributed by atoms with van der Waals surface area (Å²) in [5, 5.41) is 3.50. The van der Waals surface area contributed by atoms with Gasteiger partial charge in [0, 0.05) is 10.8 Å². The normalized spacial score (nSPS) is 13.0. The van der Waals surface area contributed by atoms with Gasteiger partial charge in [0.25, 0.3) is 15.9 Å².